The van der Waals surface area contributed by atoms with E-state index in [1.54, 1.807) is 4.90 Å². The molecular weight excluding hydrogens is 382 g/mol. The number of amides is 1. The van der Waals surface area contributed by atoms with Crippen molar-refractivity contribution in [2.45, 2.75) is 25.9 Å². The molecule has 0 bridgehead atoms. The van der Waals surface area contributed by atoms with Crippen LogP contribution in [-0.2, 0) is 11.4 Å². The molecule has 0 saturated heterocycles. The van der Waals surface area contributed by atoms with E-state index in [4.69, 9.17) is 4.74 Å². The van der Waals surface area contributed by atoms with Crippen LogP contribution < -0.4 is 9.64 Å². The second-order valence-electron chi connectivity index (χ2n) is 8.27. The Bertz CT molecular complexity index is 1240. The zero-order chi connectivity index (χ0) is 21.4. The summed E-state index contributed by atoms with van der Waals surface area (Å²) < 4.78 is 5.98. The zero-order valence-corrected chi connectivity index (χ0v) is 17.8. The number of rotatable bonds is 4. The predicted molar refractivity (Wildman–Crippen MR) is 126 cm³/mol. The lowest BCUT2D eigenvalue weighted by Gasteiger charge is -2.33. The monoisotopic (exact) mass is 407 g/mol. The quantitative estimate of drug-likeness (QED) is 0.402. The SMILES string of the molecule is Cc1ccc(COc2ccc(C3CC(=O)N(C)c4ccc5ccccc5c43)cc2)cc1. The fourth-order valence-electron chi connectivity index (χ4n) is 4.42. The van der Waals surface area contributed by atoms with E-state index in [0.717, 1.165) is 22.6 Å². The molecule has 3 nitrogen and oxygen atoms in total. The molecule has 154 valence electrons. The average molecular weight is 408 g/mol. The topological polar surface area (TPSA) is 29.5 Å². The highest BCUT2D eigenvalue weighted by Crippen LogP contribution is 2.43. The number of anilines is 1. The van der Waals surface area contributed by atoms with Crippen molar-refractivity contribution in [1.82, 2.24) is 0 Å². The number of nitrogens with zero attached hydrogens (tertiary/aromatic N) is 1. The number of hydrogen-bond donors (Lipinski definition) is 0. The second kappa shape index (κ2) is 7.92. The van der Waals surface area contributed by atoms with Crippen molar-refractivity contribution in [1.29, 1.82) is 0 Å². The number of carbonyl (C=O) groups excluding carboxylic acids is 1. The van der Waals surface area contributed by atoms with Crippen molar-refractivity contribution in [2.75, 3.05) is 11.9 Å². The zero-order valence-electron chi connectivity index (χ0n) is 17.8. The minimum atomic E-state index is 0.0379. The van der Waals surface area contributed by atoms with Gasteiger partial charge in [-0.15, -0.1) is 0 Å². The van der Waals surface area contributed by atoms with Crippen LogP contribution in [0.4, 0.5) is 5.69 Å². The van der Waals surface area contributed by atoms with Crippen molar-refractivity contribution >= 4 is 22.4 Å². The molecule has 0 N–H and O–H groups in total. The normalized spacial score (nSPS) is 15.7. The van der Waals surface area contributed by atoms with Crippen LogP contribution in [0.15, 0.2) is 84.9 Å². The van der Waals surface area contributed by atoms with Crippen molar-refractivity contribution in [3.8, 4) is 5.75 Å². The van der Waals surface area contributed by atoms with Crippen molar-refractivity contribution in [3.05, 3.63) is 107 Å². The summed E-state index contributed by atoms with van der Waals surface area (Å²) in [5.74, 6) is 1.02. The fourth-order valence-corrected chi connectivity index (χ4v) is 4.42. The molecule has 1 heterocycles. The summed E-state index contributed by atoms with van der Waals surface area (Å²) in [5.41, 5.74) is 5.76. The van der Waals surface area contributed by atoms with Crippen molar-refractivity contribution < 1.29 is 9.53 Å². The molecule has 1 aliphatic rings. The Morgan fingerprint density at radius 2 is 1.65 bits per heavy atom. The van der Waals surface area contributed by atoms with E-state index in [0.29, 0.717) is 13.0 Å². The van der Waals surface area contributed by atoms with Crippen molar-refractivity contribution in [2.24, 2.45) is 0 Å². The highest BCUT2D eigenvalue weighted by Gasteiger charge is 2.31. The van der Waals surface area contributed by atoms with Crippen LogP contribution in [0.2, 0.25) is 0 Å². The number of ether oxygens (including phenoxy) is 1. The summed E-state index contributed by atoms with van der Waals surface area (Å²) >= 11 is 0. The highest BCUT2D eigenvalue weighted by molar-refractivity contribution is 6.02. The molecule has 1 amide bonds. The highest BCUT2D eigenvalue weighted by atomic mass is 16.5. The lowest BCUT2D eigenvalue weighted by molar-refractivity contribution is -0.118. The largest absolute Gasteiger partial charge is 0.489 e. The molecule has 1 atom stereocenters. The summed E-state index contributed by atoms with van der Waals surface area (Å²) in [6.45, 7) is 2.62. The Morgan fingerprint density at radius 1 is 0.903 bits per heavy atom. The third-order valence-corrected chi connectivity index (χ3v) is 6.22. The van der Waals surface area contributed by atoms with Gasteiger partial charge in [0.2, 0.25) is 5.91 Å². The first kappa shape index (κ1) is 19.4. The van der Waals surface area contributed by atoms with E-state index in [2.05, 4.69) is 79.7 Å². The third-order valence-electron chi connectivity index (χ3n) is 6.22. The Morgan fingerprint density at radius 3 is 2.42 bits per heavy atom. The molecule has 4 aromatic rings. The molecule has 1 unspecified atom stereocenters. The van der Waals surface area contributed by atoms with E-state index in [1.165, 1.54) is 21.9 Å². The summed E-state index contributed by atoms with van der Waals surface area (Å²) in [5, 5.41) is 2.41. The molecule has 0 fully saturated rings. The van der Waals surface area contributed by atoms with Crippen LogP contribution in [-0.4, -0.2) is 13.0 Å². The van der Waals surface area contributed by atoms with Crippen LogP contribution in [0.25, 0.3) is 10.8 Å². The van der Waals surface area contributed by atoms with Gasteiger partial charge in [0.1, 0.15) is 12.4 Å². The molecule has 0 radical (unpaired) electrons. The van der Waals surface area contributed by atoms with Crippen LogP contribution in [0.5, 0.6) is 5.75 Å². The second-order valence-corrected chi connectivity index (χ2v) is 8.27. The van der Waals surface area contributed by atoms with Gasteiger partial charge in [-0.25, -0.2) is 0 Å². The molecule has 0 saturated carbocycles. The summed E-state index contributed by atoms with van der Waals surface area (Å²) in [4.78, 5) is 14.5. The molecular formula is C28H25NO2. The van der Waals surface area contributed by atoms with Gasteiger partial charge < -0.3 is 9.64 Å². The Hall–Kier alpha value is -3.59. The van der Waals surface area contributed by atoms with Crippen molar-refractivity contribution in [3.63, 3.8) is 0 Å². The molecule has 1 aliphatic heterocycles. The van der Waals surface area contributed by atoms with Gasteiger partial charge in [0, 0.05) is 25.1 Å². The summed E-state index contributed by atoms with van der Waals surface area (Å²) in [6, 6.07) is 29.2. The lowest BCUT2D eigenvalue weighted by Crippen LogP contribution is -2.33. The maximum atomic E-state index is 12.7. The summed E-state index contributed by atoms with van der Waals surface area (Å²) in [6.07, 6.45) is 0.473. The Labute approximate surface area is 182 Å². The van der Waals surface area contributed by atoms with E-state index in [-0.39, 0.29) is 11.8 Å². The first-order chi connectivity index (χ1) is 15.1. The molecule has 5 rings (SSSR count). The molecule has 0 aliphatic carbocycles. The lowest BCUT2D eigenvalue weighted by atomic mass is 9.81. The van der Waals surface area contributed by atoms with Crippen LogP contribution in [0.3, 0.4) is 0 Å². The molecule has 0 aromatic heterocycles. The van der Waals surface area contributed by atoms with E-state index in [1.807, 2.05) is 19.2 Å². The van der Waals surface area contributed by atoms with E-state index < -0.39 is 0 Å². The van der Waals surface area contributed by atoms with Crippen LogP contribution in [0.1, 0.15) is 34.6 Å². The van der Waals surface area contributed by atoms with Gasteiger partial charge in [-0.05, 0) is 52.6 Å². The van der Waals surface area contributed by atoms with Gasteiger partial charge in [0.25, 0.3) is 0 Å². The number of fused-ring (bicyclic) bond motifs is 3. The minimum Gasteiger partial charge on any atom is -0.489 e. The Kier molecular flexibility index (Phi) is 4.95. The smallest absolute Gasteiger partial charge is 0.227 e. The summed E-state index contributed by atoms with van der Waals surface area (Å²) in [7, 11) is 1.87. The van der Waals surface area contributed by atoms with Gasteiger partial charge in [-0.1, -0.05) is 72.3 Å². The maximum absolute atomic E-state index is 12.7. The Balaban J connectivity index is 1.45. The number of benzene rings is 4. The molecule has 3 heteroatoms. The van der Waals surface area contributed by atoms with E-state index >= 15 is 0 Å². The molecule has 31 heavy (non-hydrogen) atoms. The van der Waals surface area contributed by atoms with Gasteiger partial charge in [0.05, 0.1) is 0 Å². The van der Waals surface area contributed by atoms with E-state index in [9.17, 15) is 4.79 Å². The van der Waals surface area contributed by atoms with Gasteiger partial charge in [-0.2, -0.15) is 0 Å². The minimum absolute atomic E-state index is 0.0379. The fraction of sp³-hybridized carbons (Fsp3) is 0.179. The number of aryl methyl sites for hydroxylation is 1. The number of carbonyl (C=O) groups is 1. The first-order valence-corrected chi connectivity index (χ1v) is 10.7. The third kappa shape index (κ3) is 3.68. The molecule has 0 spiro atoms. The predicted octanol–water partition coefficient (Wildman–Crippen LogP) is 6.23. The standard InChI is InChI=1S/C28H25NO2/c1-19-7-9-20(10-8-19)18-31-23-14-11-22(12-15-23)25-17-27(30)29(2)26-16-13-21-5-3-4-6-24(21)28(25)26/h3-16,25H,17-18H2,1-2H3. The molecule has 4 aromatic carbocycles. The number of hydrogen-bond acceptors (Lipinski definition) is 2. The van der Waals surface area contributed by atoms with Gasteiger partial charge in [-0.3, -0.25) is 4.79 Å². The average Bonchev–Trinajstić information content (AvgIpc) is 2.81. The van der Waals surface area contributed by atoms with Crippen LogP contribution >= 0.6 is 0 Å². The van der Waals surface area contributed by atoms with Crippen LogP contribution in [0, 0.1) is 6.92 Å². The van der Waals surface area contributed by atoms with Gasteiger partial charge in [0.15, 0.2) is 0 Å². The maximum Gasteiger partial charge on any atom is 0.227 e. The van der Waals surface area contributed by atoms with Gasteiger partial charge >= 0.3 is 0 Å². The first-order valence-electron chi connectivity index (χ1n) is 10.7.